The van der Waals surface area contributed by atoms with Gasteiger partial charge >= 0.3 is 0 Å². The Morgan fingerprint density at radius 2 is 0.958 bits per heavy atom. The highest BCUT2D eigenvalue weighted by atomic mass is 16.3. The lowest BCUT2D eigenvalue weighted by Gasteiger charge is -2.21. The van der Waals surface area contributed by atoms with E-state index in [-0.39, 0.29) is 5.41 Å². The highest BCUT2D eigenvalue weighted by Crippen LogP contribution is 2.49. The van der Waals surface area contributed by atoms with Gasteiger partial charge in [0.2, 0.25) is 0 Å². The Morgan fingerprint density at radius 3 is 1.73 bits per heavy atom. The van der Waals surface area contributed by atoms with Gasteiger partial charge in [-0.3, -0.25) is 0 Å². The first kappa shape index (κ1) is 27.0. The van der Waals surface area contributed by atoms with E-state index in [1.165, 1.54) is 33.0 Å². The molecule has 7 aromatic carbocycles. The molecule has 0 amide bonds. The van der Waals surface area contributed by atoms with Crippen molar-refractivity contribution in [1.29, 1.82) is 0 Å². The van der Waals surface area contributed by atoms with Crippen LogP contribution in [0.2, 0.25) is 0 Å². The van der Waals surface area contributed by atoms with Crippen LogP contribution >= 0.6 is 0 Å². The van der Waals surface area contributed by atoms with Crippen LogP contribution in [0.15, 0.2) is 144 Å². The van der Waals surface area contributed by atoms with Crippen LogP contribution in [0.4, 0.5) is 0 Å². The number of rotatable bonds is 3. The van der Waals surface area contributed by atoms with Crippen molar-refractivity contribution in [2.45, 2.75) is 19.3 Å². The molecule has 9 aromatic rings. The Morgan fingerprint density at radius 1 is 0.417 bits per heavy atom. The zero-order valence-electron chi connectivity index (χ0n) is 26.5. The molecular weight excluding hydrogens is 587 g/mol. The molecule has 226 valence electrons. The van der Waals surface area contributed by atoms with Gasteiger partial charge in [0.05, 0.1) is 0 Å². The van der Waals surface area contributed by atoms with Gasteiger partial charge in [0.25, 0.3) is 0 Å². The first-order chi connectivity index (χ1) is 23.5. The number of fused-ring (bicyclic) bond motifs is 8. The molecule has 4 nitrogen and oxygen atoms in total. The lowest BCUT2D eigenvalue weighted by molar-refractivity contribution is 0.660. The molecular formula is C44H29N3O. The number of benzene rings is 7. The topological polar surface area (TPSA) is 51.8 Å². The molecule has 0 aliphatic heterocycles. The fourth-order valence-electron chi connectivity index (χ4n) is 7.54. The SMILES string of the molecule is CC1(C)c2ccccc2-c2ccc(-c3nc(-c4ccc5ccccc5c4)nc(-c4ccc5oc6cc7ccccc7cc6c5c4)n3)cc21. The first-order valence-electron chi connectivity index (χ1n) is 16.4. The second-order valence-electron chi connectivity index (χ2n) is 13.3. The summed E-state index contributed by atoms with van der Waals surface area (Å²) >= 11 is 0. The Kier molecular flexibility index (Phi) is 5.59. The van der Waals surface area contributed by atoms with Crippen molar-refractivity contribution >= 4 is 43.5 Å². The van der Waals surface area contributed by atoms with E-state index in [1.807, 2.05) is 6.07 Å². The van der Waals surface area contributed by atoms with Crippen LogP contribution in [-0.4, -0.2) is 15.0 Å². The lowest BCUT2D eigenvalue weighted by atomic mass is 9.82. The van der Waals surface area contributed by atoms with Crippen LogP contribution in [0.3, 0.4) is 0 Å². The molecule has 1 aliphatic rings. The molecule has 0 fully saturated rings. The maximum absolute atomic E-state index is 6.31. The number of hydrogen-bond acceptors (Lipinski definition) is 4. The zero-order chi connectivity index (χ0) is 32.0. The van der Waals surface area contributed by atoms with Crippen molar-refractivity contribution < 1.29 is 4.42 Å². The highest BCUT2D eigenvalue weighted by Gasteiger charge is 2.35. The van der Waals surface area contributed by atoms with Gasteiger partial charge < -0.3 is 4.42 Å². The summed E-state index contributed by atoms with van der Waals surface area (Å²) in [4.78, 5) is 15.4. The van der Waals surface area contributed by atoms with Crippen molar-refractivity contribution in [3.05, 3.63) is 151 Å². The average Bonchev–Trinajstić information content (AvgIpc) is 3.60. The van der Waals surface area contributed by atoms with Gasteiger partial charge in [0, 0.05) is 32.9 Å². The molecule has 4 heteroatoms. The second-order valence-corrected chi connectivity index (χ2v) is 13.3. The molecule has 0 unspecified atom stereocenters. The Labute approximate surface area is 277 Å². The van der Waals surface area contributed by atoms with E-state index in [0.717, 1.165) is 49.4 Å². The largest absolute Gasteiger partial charge is 0.456 e. The molecule has 0 bridgehead atoms. The van der Waals surface area contributed by atoms with Gasteiger partial charge in [-0.2, -0.15) is 0 Å². The fraction of sp³-hybridized carbons (Fsp3) is 0.0682. The Bertz CT molecular complexity index is 2770. The van der Waals surface area contributed by atoms with Crippen molar-refractivity contribution in [3.63, 3.8) is 0 Å². The molecule has 0 saturated heterocycles. The van der Waals surface area contributed by atoms with E-state index < -0.39 is 0 Å². The molecule has 10 rings (SSSR count). The minimum atomic E-state index is -0.128. The molecule has 48 heavy (non-hydrogen) atoms. The van der Waals surface area contributed by atoms with Gasteiger partial charge in [-0.1, -0.05) is 111 Å². The van der Waals surface area contributed by atoms with Crippen LogP contribution in [0.1, 0.15) is 25.0 Å². The minimum absolute atomic E-state index is 0.128. The molecule has 0 atom stereocenters. The van der Waals surface area contributed by atoms with E-state index in [2.05, 4.69) is 147 Å². The molecule has 2 aromatic heterocycles. The quantitative estimate of drug-likeness (QED) is 0.198. The maximum atomic E-state index is 6.31. The smallest absolute Gasteiger partial charge is 0.164 e. The van der Waals surface area contributed by atoms with E-state index >= 15 is 0 Å². The predicted molar refractivity (Wildman–Crippen MR) is 196 cm³/mol. The number of nitrogens with zero attached hydrogens (tertiary/aromatic N) is 3. The van der Waals surface area contributed by atoms with Crippen LogP contribution in [-0.2, 0) is 5.41 Å². The summed E-state index contributed by atoms with van der Waals surface area (Å²) in [6.45, 7) is 4.60. The van der Waals surface area contributed by atoms with Gasteiger partial charge in [0.15, 0.2) is 17.5 Å². The fourth-order valence-corrected chi connectivity index (χ4v) is 7.54. The van der Waals surface area contributed by atoms with Crippen LogP contribution in [0, 0.1) is 0 Å². The summed E-state index contributed by atoms with van der Waals surface area (Å²) in [7, 11) is 0. The van der Waals surface area contributed by atoms with Crippen LogP contribution in [0.5, 0.6) is 0 Å². The van der Waals surface area contributed by atoms with E-state index in [0.29, 0.717) is 17.5 Å². The lowest BCUT2D eigenvalue weighted by Crippen LogP contribution is -2.15. The van der Waals surface area contributed by atoms with E-state index in [9.17, 15) is 0 Å². The third-order valence-electron chi connectivity index (χ3n) is 10.1. The third kappa shape index (κ3) is 4.06. The summed E-state index contributed by atoms with van der Waals surface area (Å²) in [6, 6.07) is 49.1. The van der Waals surface area contributed by atoms with Crippen molar-refractivity contribution in [2.75, 3.05) is 0 Å². The summed E-state index contributed by atoms with van der Waals surface area (Å²) in [5, 5.41) is 6.79. The monoisotopic (exact) mass is 615 g/mol. The normalized spacial score (nSPS) is 13.4. The Hall–Kier alpha value is -6.13. The standard InChI is InChI=1S/C44H29N3O/c1-44(2)37-14-8-7-13-33(37)34-19-17-32(24-38(34)44)43-46-41(30-16-15-26-9-3-4-10-27(26)21-30)45-42(47-43)31-18-20-39-35(23-31)36-22-28-11-5-6-12-29(28)25-40(36)48-39/h3-25H,1-2H3. The first-order valence-corrected chi connectivity index (χ1v) is 16.4. The molecule has 0 radical (unpaired) electrons. The van der Waals surface area contributed by atoms with Gasteiger partial charge in [0.1, 0.15) is 11.2 Å². The second kappa shape index (κ2) is 9.93. The van der Waals surface area contributed by atoms with Crippen molar-refractivity contribution in [3.8, 4) is 45.3 Å². The van der Waals surface area contributed by atoms with Gasteiger partial charge in [-0.15, -0.1) is 0 Å². The number of furan rings is 1. The average molecular weight is 616 g/mol. The molecule has 2 heterocycles. The van der Waals surface area contributed by atoms with Crippen molar-refractivity contribution in [2.24, 2.45) is 0 Å². The van der Waals surface area contributed by atoms with E-state index in [4.69, 9.17) is 19.4 Å². The summed E-state index contributed by atoms with van der Waals surface area (Å²) in [6.07, 6.45) is 0. The summed E-state index contributed by atoms with van der Waals surface area (Å²) in [5.41, 5.74) is 9.63. The number of hydrogen-bond donors (Lipinski definition) is 0. The van der Waals surface area contributed by atoms with Crippen LogP contribution < -0.4 is 0 Å². The van der Waals surface area contributed by atoms with Crippen LogP contribution in [0.25, 0.3) is 88.8 Å². The zero-order valence-corrected chi connectivity index (χ0v) is 26.5. The maximum Gasteiger partial charge on any atom is 0.164 e. The van der Waals surface area contributed by atoms with Crippen molar-refractivity contribution in [1.82, 2.24) is 15.0 Å². The molecule has 0 saturated carbocycles. The van der Waals surface area contributed by atoms with E-state index in [1.54, 1.807) is 0 Å². The van der Waals surface area contributed by atoms with Gasteiger partial charge in [-0.25, -0.2) is 15.0 Å². The highest BCUT2D eigenvalue weighted by molar-refractivity contribution is 6.11. The van der Waals surface area contributed by atoms with Gasteiger partial charge in [-0.05, 0) is 86.3 Å². The minimum Gasteiger partial charge on any atom is -0.456 e. The third-order valence-corrected chi connectivity index (χ3v) is 10.1. The molecule has 0 N–H and O–H groups in total. The predicted octanol–water partition coefficient (Wildman–Crippen LogP) is 11.4. The number of aromatic nitrogens is 3. The molecule has 0 spiro atoms. The summed E-state index contributed by atoms with van der Waals surface area (Å²) in [5.74, 6) is 1.93. The molecule has 1 aliphatic carbocycles. The summed E-state index contributed by atoms with van der Waals surface area (Å²) < 4.78 is 6.31. The Balaban J connectivity index is 1.18.